The molecule has 0 unspecified atom stereocenters. The number of hydrogen-bond acceptors (Lipinski definition) is 3. The molecule has 0 bridgehead atoms. The molecule has 3 N–H and O–H groups in total. The summed E-state index contributed by atoms with van der Waals surface area (Å²) in [5.41, 5.74) is 1.39. The third kappa shape index (κ3) is 5.50. The van der Waals surface area contributed by atoms with Gasteiger partial charge < -0.3 is 16.0 Å². The van der Waals surface area contributed by atoms with Crippen LogP contribution in [0, 0.1) is 0 Å². The van der Waals surface area contributed by atoms with Gasteiger partial charge in [-0.25, -0.2) is 0 Å². The standard InChI is InChI=1S/C11H19N3O2/c1-9(15)14-8-11(16)13-7-4-10-2-5-12-6-3-10/h2,12H,3-8H2,1H3,(H,13,16)(H,14,15). The summed E-state index contributed by atoms with van der Waals surface area (Å²) >= 11 is 0. The van der Waals surface area contributed by atoms with Crippen LogP contribution in [0.2, 0.25) is 0 Å². The Morgan fingerprint density at radius 1 is 1.44 bits per heavy atom. The lowest BCUT2D eigenvalue weighted by Crippen LogP contribution is -2.36. The average molecular weight is 225 g/mol. The smallest absolute Gasteiger partial charge is 0.239 e. The molecule has 0 aromatic carbocycles. The molecule has 90 valence electrons. The Bertz CT molecular complexity index is 287. The van der Waals surface area contributed by atoms with Crippen LogP contribution in [0.5, 0.6) is 0 Å². The first kappa shape index (κ1) is 12.7. The van der Waals surface area contributed by atoms with Gasteiger partial charge in [0.05, 0.1) is 6.54 Å². The maximum absolute atomic E-state index is 11.2. The fraction of sp³-hybridized carbons (Fsp3) is 0.636. The highest BCUT2D eigenvalue weighted by Gasteiger charge is 2.04. The van der Waals surface area contributed by atoms with Gasteiger partial charge in [-0.3, -0.25) is 9.59 Å². The van der Waals surface area contributed by atoms with Crippen LogP contribution >= 0.6 is 0 Å². The third-order valence-corrected chi connectivity index (χ3v) is 2.42. The molecule has 16 heavy (non-hydrogen) atoms. The van der Waals surface area contributed by atoms with Crippen LogP contribution in [0.25, 0.3) is 0 Å². The van der Waals surface area contributed by atoms with Crippen LogP contribution in [0.4, 0.5) is 0 Å². The Morgan fingerprint density at radius 3 is 2.88 bits per heavy atom. The molecule has 0 fully saturated rings. The van der Waals surface area contributed by atoms with Crippen LogP contribution in [0.15, 0.2) is 11.6 Å². The SMILES string of the molecule is CC(=O)NCC(=O)NCCC1=CCNCC1. The second kappa shape index (κ2) is 7.00. The summed E-state index contributed by atoms with van der Waals surface area (Å²) in [5.74, 6) is -0.319. The van der Waals surface area contributed by atoms with Gasteiger partial charge >= 0.3 is 0 Å². The van der Waals surface area contributed by atoms with Crippen LogP contribution < -0.4 is 16.0 Å². The summed E-state index contributed by atoms with van der Waals surface area (Å²) in [4.78, 5) is 21.8. The fourth-order valence-corrected chi connectivity index (χ4v) is 1.53. The Kier molecular flexibility index (Phi) is 5.56. The van der Waals surface area contributed by atoms with Crippen molar-refractivity contribution in [3.63, 3.8) is 0 Å². The van der Waals surface area contributed by atoms with Crippen molar-refractivity contribution < 1.29 is 9.59 Å². The van der Waals surface area contributed by atoms with E-state index in [1.807, 2.05) is 0 Å². The normalized spacial score (nSPS) is 15.2. The molecule has 0 atom stereocenters. The summed E-state index contributed by atoms with van der Waals surface area (Å²) in [6, 6.07) is 0. The summed E-state index contributed by atoms with van der Waals surface area (Å²) in [5, 5.41) is 8.46. The quantitative estimate of drug-likeness (QED) is 0.555. The molecular weight excluding hydrogens is 206 g/mol. The van der Waals surface area contributed by atoms with Gasteiger partial charge in [-0.15, -0.1) is 0 Å². The van der Waals surface area contributed by atoms with E-state index < -0.39 is 0 Å². The zero-order valence-corrected chi connectivity index (χ0v) is 9.64. The van der Waals surface area contributed by atoms with Crippen LogP contribution in [-0.2, 0) is 9.59 Å². The number of nitrogens with one attached hydrogen (secondary N) is 3. The fourth-order valence-electron chi connectivity index (χ4n) is 1.53. The van der Waals surface area contributed by atoms with Crippen molar-refractivity contribution in [3.8, 4) is 0 Å². The van der Waals surface area contributed by atoms with Crippen molar-refractivity contribution in [2.75, 3.05) is 26.2 Å². The molecule has 0 radical (unpaired) electrons. The molecule has 1 heterocycles. The highest BCUT2D eigenvalue weighted by atomic mass is 16.2. The van der Waals surface area contributed by atoms with Gasteiger partial charge in [-0.2, -0.15) is 0 Å². The second-order valence-electron chi connectivity index (χ2n) is 3.83. The molecule has 1 aliphatic rings. The Morgan fingerprint density at radius 2 is 2.25 bits per heavy atom. The second-order valence-corrected chi connectivity index (χ2v) is 3.83. The summed E-state index contributed by atoms with van der Waals surface area (Å²) in [6.45, 7) is 4.05. The van der Waals surface area contributed by atoms with E-state index in [4.69, 9.17) is 0 Å². The largest absolute Gasteiger partial charge is 0.354 e. The molecule has 5 nitrogen and oxygen atoms in total. The lowest BCUT2D eigenvalue weighted by Gasteiger charge is -2.14. The van der Waals surface area contributed by atoms with Crippen molar-refractivity contribution in [2.24, 2.45) is 0 Å². The Labute approximate surface area is 95.7 Å². The van der Waals surface area contributed by atoms with Crippen molar-refractivity contribution in [3.05, 3.63) is 11.6 Å². The van der Waals surface area contributed by atoms with Gasteiger partial charge in [0.15, 0.2) is 0 Å². The number of hydrogen-bond donors (Lipinski definition) is 3. The minimum Gasteiger partial charge on any atom is -0.354 e. The number of amides is 2. The highest BCUT2D eigenvalue weighted by molar-refractivity contribution is 5.83. The highest BCUT2D eigenvalue weighted by Crippen LogP contribution is 2.07. The molecule has 2 amide bonds. The molecule has 0 saturated heterocycles. The van der Waals surface area contributed by atoms with E-state index in [9.17, 15) is 9.59 Å². The van der Waals surface area contributed by atoms with Gasteiger partial charge in [0, 0.05) is 20.0 Å². The Balaban J connectivity index is 2.08. The third-order valence-electron chi connectivity index (χ3n) is 2.42. The molecule has 0 spiro atoms. The van der Waals surface area contributed by atoms with E-state index in [0.717, 1.165) is 25.9 Å². The lowest BCUT2D eigenvalue weighted by molar-refractivity contribution is -0.125. The first-order valence-corrected chi connectivity index (χ1v) is 5.58. The van der Waals surface area contributed by atoms with Crippen molar-refractivity contribution in [2.45, 2.75) is 19.8 Å². The molecule has 0 saturated carbocycles. The van der Waals surface area contributed by atoms with E-state index in [-0.39, 0.29) is 18.4 Å². The summed E-state index contributed by atoms with van der Waals surface area (Å²) < 4.78 is 0. The maximum atomic E-state index is 11.2. The first-order chi connectivity index (χ1) is 7.68. The number of rotatable bonds is 5. The minimum atomic E-state index is -0.184. The van der Waals surface area contributed by atoms with E-state index >= 15 is 0 Å². The van der Waals surface area contributed by atoms with E-state index in [2.05, 4.69) is 22.0 Å². The summed E-state index contributed by atoms with van der Waals surface area (Å²) in [7, 11) is 0. The molecule has 5 heteroatoms. The maximum Gasteiger partial charge on any atom is 0.239 e. The molecule has 1 rings (SSSR count). The zero-order chi connectivity index (χ0) is 11.8. The number of carbonyl (C=O) groups is 2. The van der Waals surface area contributed by atoms with Crippen LogP contribution in [0.3, 0.4) is 0 Å². The van der Waals surface area contributed by atoms with Crippen molar-refractivity contribution >= 4 is 11.8 Å². The predicted octanol–water partition coefficient (Wildman–Crippen LogP) is -0.451. The molecule has 1 aliphatic heterocycles. The lowest BCUT2D eigenvalue weighted by atomic mass is 10.1. The molecular formula is C11H19N3O2. The molecule has 0 aromatic heterocycles. The van der Waals surface area contributed by atoms with Crippen molar-refractivity contribution in [1.29, 1.82) is 0 Å². The van der Waals surface area contributed by atoms with Crippen LogP contribution in [0.1, 0.15) is 19.8 Å². The first-order valence-electron chi connectivity index (χ1n) is 5.58. The van der Waals surface area contributed by atoms with Crippen LogP contribution in [-0.4, -0.2) is 38.0 Å². The topological polar surface area (TPSA) is 70.2 Å². The van der Waals surface area contributed by atoms with E-state index in [0.29, 0.717) is 6.54 Å². The van der Waals surface area contributed by atoms with Gasteiger partial charge in [0.25, 0.3) is 0 Å². The van der Waals surface area contributed by atoms with Gasteiger partial charge in [-0.1, -0.05) is 11.6 Å². The Hall–Kier alpha value is -1.36. The van der Waals surface area contributed by atoms with E-state index in [1.165, 1.54) is 12.5 Å². The predicted molar refractivity (Wildman–Crippen MR) is 61.9 cm³/mol. The van der Waals surface area contributed by atoms with Gasteiger partial charge in [0.1, 0.15) is 0 Å². The molecule has 0 aliphatic carbocycles. The van der Waals surface area contributed by atoms with Crippen molar-refractivity contribution in [1.82, 2.24) is 16.0 Å². The average Bonchev–Trinajstić information content (AvgIpc) is 2.28. The van der Waals surface area contributed by atoms with Gasteiger partial charge in [0.2, 0.25) is 11.8 Å². The summed E-state index contributed by atoms with van der Waals surface area (Å²) in [6.07, 6.45) is 4.12. The minimum absolute atomic E-state index is 0.0654. The van der Waals surface area contributed by atoms with E-state index in [1.54, 1.807) is 0 Å². The molecule has 0 aromatic rings. The monoisotopic (exact) mass is 225 g/mol. The number of carbonyl (C=O) groups excluding carboxylic acids is 2. The van der Waals surface area contributed by atoms with Gasteiger partial charge in [-0.05, 0) is 19.4 Å². The zero-order valence-electron chi connectivity index (χ0n) is 9.64.